The molecule has 0 aromatic heterocycles. The van der Waals surface area contributed by atoms with Crippen molar-refractivity contribution >= 4 is 21.7 Å². The molecule has 0 radical (unpaired) electrons. The average Bonchev–Trinajstić information content (AvgIpc) is 2.26. The van der Waals surface area contributed by atoms with Gasteiger partial charge in [-0.2, -0.15) is 0 Å². The zero-order chi connectivity index (χ0) is 13.9. The monoisotopic (exact) mass is 271 g/mol. The molecule has 0 aliphatic carbocycles. The van der Waals surface area contributed by atoms with Gasteiger partial charge in [-0.3, -0.25) is 4.79 Å². The van der Waals surface area contributed by atoms with Crippen LogP contribution in [0.1, 0.15) is 22.3 Å². The maximum Gasteiger partial charge on any atom is 0.335 e. The Morgan fingerprint density at radius 3 is 2.44 bits per heavy atom. The summed E-state index contributed by atoms with van der Waals surface area (Å²) < 4.78 is 23.9. The molecule has 0 aliphatic rings. The first-order valence-corrected chi connectivity index (χ1v) is 6.74. The zero-order valence-electron chi connectivity index (χ0n) is 9.71. The van der Waals surface area contributed by atoms with Crippen LogP contribution < -0.4 is 5.73 Å². The minimum absolute atomic E-state index is 0.0800. The third kappa shape index (κ3) is 3.30. The Kier molecular flexibility index (Phi) is 4.07. The largest absolute Gasteiger partial charge is 0.478 e. The van der Waals surface area contributed by atoms with E-state index in [1.807, 2.05) is 0 Å². The van der Waals surface area contributed by atoms with Crippen molar-refractivity contribution in [3.8, 4) is 0 Å². The number of hydrogen-bond acceptors (Lipinski definition) is 4. The molecule has 1 rings (SSSR count). The lowest BCUT2D eigenvalue weighted by Crippen LogP contribution is -2.18. The summed E-state index contributed by atoms with van der Waals surface area (Å²) in [5.74, 6) is -2.35. The molecule has 0 bridgehead atoms. The molecule has 1 aromatic rings. The number of primary amides is 1. The summed E-state index contributed by atoms with van der Waals surface area (Å²) in [6.07, 6.45) is -0.293. The molecule has 0 atom stereocenters. The summed E-state index contributed by atoms with van der Waals surface area (Å²) >= 11 is 0. The van der Waals surface area contributed by atoms with Crippen molar-refractivity contribution in [1.29, 1.82) is 0 Å². The molecule has 6 nitrogen and oxygen atoms in total. The fourth-order valence-corrected chi connectivity index (χ4v) is 2.97. The Hall–Kier alpha value is -1.89. The second-order valence-corrected chi connectivity index (χ2v) is 5.90. The van der Waals surface area contributed by atoms with Gasteiger partial charge in [-0.05, 0) is 24.6 Å². The molecule has 1 aromatic carbocycles. The molecule has 0 heterocycles. The Morgan fingerprint density at radius 1 is 1.33 bits per heavy atom. The Balaban J connectivity index is 3.18. The van der Waals surface area contributed by atoms with Gasteiger partial charge >= 0.3 is 5.97 Å². The van der Waals surface area contributed by atoms with E-state index in [1.54, 1.807) is 6.92 Å². The second-order valence-electron chi connectivity index (χ2n) is 3.82. The first-order chi connectivity index (χ1) is 8.24. The lowest BCUT2D eigenvalue weighted by atomic mass is 10.1. The molecule has 0 saturated heterocycles. The summed E-state index contributed by atoms with van der Waals surface area (Å²) in [7, 11) is -3.71. The SMILES string of the molecule is Cc1ccc(C(=O)O)cc1S(=O)(=O)CCC(N)=O. The van der Waals surface area contributed by atoms with E-state index >= 15 is 0 Å². The highest BCUT2D eigenvalue weighted by atomic mass is 32.2. The maximum atomic E-state index is 11.9. The number of amides is 1. The van der Waals surface area contributed by atoms with Crippen LogP contribution in [0.15, 0.2) is 23.1 Å². The van der Waals surface area contributed by atoms with Gasteiger partial charge in [0.2, 0.25) is 5.91 Å². The summed E-state index contributed by atoms with van der Waals surface area (Å²) in [4.78, 5) is 21.3. The van der Waals surface area contributed by atoms with Crippen molar-refractivity contribution in [2.75, 3.05) is 5.75 Å². The van der Waals surface area contributed by atoms with Crippen LogP contribution in [0.3, 0.4) is 0 Å². The summed E-state index contributed by atoms with van der Waals surface area (Å²) in [6, 6.07) is 3.83. The van der Waals surface area contributed by atoms with E-state index < -0.39 is 27.5 Å². The van der Waals surface area contributed by atoms with Gasteiger partial charge in [-0.1, -0.05) is 6.07 Å². The number of nitrogens with two attached hydrogens (primary N) is 1. The number of aryl methyl sites for hydroxylation is 1. The van der Waals surface area contributed by atoms with Crippen molar-refractivity contribution in [1.82, 2.24) is 0 Å². The van der Waals surface area contributed by atoms with Crippen molar-refractivity contribution in [3.63, 3.8) is 0 Å². The van der Waals surface area contributed by atoms with Gasteiger partial charge in [-0.25, -0.2) is 13.2 Å². The van der Waals surface area contributed by atoms with E-state index in [1.165, 1.54) is 12.1 Å². The van der Waals surface area contributed by atoms with E-state index in [-0.39, 0.29) is 16.9 Å². The van der Waals surface area contributed by atoms with E-state index in [0.29, 0.717) is 5.56 Å². The molecular formula is C11H13NO5S. The van der Waals surface area contributed by atoms with E-state index in [0.717, 1.165) is 6.07 Å². The number of carbonyl (C=O) groups excluding carboxylic acids is 1. The number of carboxylic acid groups (broad SMARTS) is 1. The van der Waals surface area contributed by atoms with Gasteiger partial charge in [0.25, 0.3) is 0 Å². The number of aromatic carboxylic acids is 1. The molecule has 0 aliphatic heterocycles. The lowest BCUT2D eigenvalue weighted by Gasteiger charge is -2.07. The zero-order valence-corrected chi connectivity index (χ0v) is 10.5. The third-order valence-electron chi connectivity index (χ3n) is 2.39. The van der Waals surface area contributed by atoms with Gasteiger partial charge in [0.1, 0.15) is 0 Å². The first kappa shape index (κ1) is 14.2. The molecule has 0 spiro atoms. The van der Waals surface area contributed by atoms with Crippen LogP contribution in [-0.2, 0) is 14.6 Å². The summed E-state index contributed by atoms with van der Waals surface area (Å²) in [6.45, 7) is 1.56. The van der Waals surface area contributed by atoms with Gasteiger partial charge in [0.05, 0.1) is 16.2 Å². The minimum Gasteiger partial charge on any atom is -0.478 e. The first-order valence-electron chi connectivity index (χ1n) is 5.09. The normalized spacial score (nSPS) is 11.2. The van der Waals surface area contributed by atoms with Gasteiger partial charge in [-0.15, -0.1) is 0 Å². The highest BCUT2D eigenvalue weighted by Crippen LogP contribution is 2.19. The molecular weight excluding hydrogens is 258 g/mol. The van der Waals surface area contributed by atoms with Gasteiger partial charge in [0, 0.05) is 6.42 Å². The van der Waals surface area contributed by atoms with Crippen molar-refractivity contribution < 1.29 is 23.1 Å². The van der Waals surface area contributed by atoms with Crippen LogP contribution in [0.4, 0.5) is 0 Å². The van der Waals surface area contributed by atoms with Crippen LogP contribution in [0, 0.1) is 6.92 Å². The van der Waals surface area contributed by atoms with E-state index in [4.69, 9.17) is 10.8 Å². The Morgan fingerprint density at radius 2 is 1.94 bits per heavy atom. The number of carbonyl (C=O) groups is 2. The van der Waals surface area contributed by atoms with Crippen LogP contribution in [0.2, 0.25) is 0 Å². The Bertz CT molecular complexity index is 591. The molecule has 7 heteroatoms. The quantitative estimate of drug-likeness (QED) is 0.801. The molecule has 18 heavy (non-hydrogen) atoms. The average molecular weight is 271 g/mol. The van der Waals surface area contributed by atoms with Crippen molar-refractivity contribution in [2.24, 2.45) is 5.73 Å². The number of hydrogen-bond donors (Lipinski definition) is 2. The van der Waals surface area contributed by atoms with Crippen LogP contribution in [0.5, 0.6) is 0 Å². The van der Waals surface area contributed by atoms with Crippen LogP contribution in [0.25, 0.3) is 0 Å². The number of carboxylic acids is 1. The second kappa shape index (κ2) is 5.18. The highest BCUT2D eigenvalue weighted by Gasteiger charge is 2.19. The maximum absolute atomic E-state index is 11.9. The van der Waals surface area contributed by atoms with E-state index in [2.05, 4.69) is 0 Å². The molecule has 0 saturated carbocycles. The minimum atomic E-state index is -3.71. The Labute approximate surface area is 104 Å². The van der Waals surface area contributed by atoms with Crippen LogP contribution in [-0.4, -0.2) is 31.2 Å². The van der Waals surface area contributed by atoms with Gasteiger partial charge in [0.15, 0.2) is 9.84 Å². The number of benzene rings is 1. The summed E-state index contributed by atoms with van der Waals surface area (Å²) in [5, 5.41) is 8.82. The smallest absolute Gasteiger partial charge is 0.335 e. The predicted molar refractivity (Wildman–Crippen MR) is 64.0 cm³/mol. The van der Waals surface area contributed by atoms with Crippen molar-refractivity contribution in [2.45, 2.75) is 18.2 Å². The number of sulfone groups is 1. The predicted octanol–water partition coefficient (Wildman–Crippen LogP) is 0.342. The fraction of sp³-hybridized carbons (Fsp3) is 0.273. The highest BCUT2D eigenvalue weighted by molar-refractivity contribution is 7.91. The molecule has 3 N–H and O–H groups in total. The van der Waals surface area contributed by atoms with Gasteiger partial charge < -0.3 is 10.8 Å². The summed E-state index contributed by atoms with van der Waals surface area (Å²) in [5.41, 5.74) is 5.22. The molecule has 0 unspecified atom stereocenters. The standard InChI is InChI=1S/C11H13NO5S/c1-7-2-3-8(11(14)15)6-9(7)18(16,17)5-4-10(12)13/h2-3,6H,4-5H2,1H3,(H2,12,13)(H,14,15). The third-order valence-corrected chi connectivity index (χ3v) is 4.24. The van der Waals surface area contributed by atoms with E-state index in [9.17, 15) is 18.0 Å². The lowest BCUT2D eigenvalue weighted by molar-refractivity contribution is -0.117. The molecule has 0 fully saturated rings. The molecule has 98 valence electrons. The van der Waals surface area contributed by atoms with Crippen LogP contribution >= 0.6 is 0 Å². The van der Waals surface area contributed by atoms with Crippen molar-refractivity contribution in [3.05, 3.63) is 29.3 Å². The fourth-order valence-electron chi connectivity index (χ4n) is 1.41. The number of rotatable bonds is 5. The topological polar surface area (TPSA) is 115 Å². The molecule has 1 amide bonds.